The van der Waals surface area contributed by atoms with Gasteiger partial charge in [-0.1, -0.05) is 0 Å². The zero-order chi connectivity index (χ0) is 9.07. The number of nitrogens with two attached hydrogens (primary N) is 1. The molecule has 11 heavy (non-hydrogen) atoms. The van der Waals surface area contributed by atoms with Crippen molar-refractivity contribution in [2.75, 3.05) is 0 Å². The fourth-order valence-electron chi connectivity index (χ4n) is 0.275. The molecule has 8 nitrogen and oxygen atoms in total. The van der Waals surface area contributed by atoms with Crippen molar-refractivity contribution >= 4 is 19.8 Å². The third-order valence-electron chi connectivity index (χ3n) is 0.473. The molecule has 0 unspecified atom stereocenters. The Morgan fingerprint density at radius 2 is 2.00 bits per heavy atom. The topological polar surface area (TPSA) is 145 Å². The lowest BCUT2D eigenvalue weighted by atomic mass is 10.9. The van der Waals surface area contributed by atoms with E-state index in [0.717, 1.165) is 0 Å². The van der Waals surface area contributed by atoms with Crippen LogP contribution in [0.2, 0.25) is 0 Å². The Balaban J connectivity index is 4.24. The van der Waals surface area contributed by atoms with Crippen LogP contribution >= 0.6 is 7.75 Å². The molecule has 0 rings (SSSR count). The quantitative estimate of drug-likeness (QED) is 0.193. The summed E-state index contributed by atoms with van der Waals surface area (Å²) in [7, 11) is -4.64. The average Bonchev–Trinajstić information content (AvgIpc) is 1.53. The summed E-state index contributed by atoms with van der Waals surface area (Å²) in [5, 5.41) is 9.41. The maximum absolute atomic E-state index is 10.0. The Bertz CT molecular complexity index is 230. The lowest BCUT2D eigenvalue weighted by molar-refractivity contribution is 0.200. The van der Waals surface area contributed by atoms with Gasteiger partial charge in [0.15, 0.2) is 0 Å². The zero-order valence-electron chi connectivity index (χ0n) is 5.13. The summed E-state index contributed by atoms with van der Waals surface area (Å²) in [6.45, 7) is 0. The second kappa shape index (κ2) is 3.33. The van der Waals surface area contributed by atoms with E-state index in [1.807, 2.05) is 0 Å². The summed E-state index contributed by atoms with van der Waals surface area (Å²) in [5.41, 5.74) is 4.73. The third-order valence-corrected chi connectivity index (χ3v) is 0.949. The van der Waals surface area contributed by atoms with Gasteiger partial charge in [0.1, 0.15) is 0 Å². The van der Waals surface area contributed by atoms with E-state index in [-0.39, 0.29) is 0 Å². The highest BCUT2D eigenvalue weighted by atomic mass is 31.2. The Morgan fingerprint density at radius 3 is 2.27 bits per heavy atom. The summed E-state index contributed by atoms with van der Waals surface area (Å²) in [6, 6.07) is 0. The van der Waals surface area contributed by atoms with E-state index in [4.69, 9.17) is 20.6 Å². The summed E-state index contributed by atoms with van der Waals surface area (Å²) in [5.74, 6) is -0.842. The molecule has 1 amide bonds. The third kappa shape index (κ3) is 6.78. The normalized spacial score (nSPS) is 12.7. The van der Waals surface area contributed by atoms with Crippen molar-refractivity contribution in [1.29, 1.82) is 0 Å². The number of carbonyl (C=O) groups is 1. The molecule has 0 radical (unpaired) electrons. The minimum absolute atomic E-state index is 0.842. The SMILES string of the molecule is N/C(=N/P(=O)(O)O)NC(=O)O. The monoisotopic (exact) mass is 183 g/mol. The molecular formula is C2H6N3O5P. The number of nitrogens with one attached hydrogen (secondary N) is 1. The van der Waals surface area contributed by atoms with Crippen molar-refractivity contribution in [2.45, 2.75) is 0 Å². The standard InChI is InChI=1S/C2H6N3O5P/c3-1(4-2(6)7)5-11(8,9)10/h(H,6,7)(H5,3,4,5,8,9,10). The molecule has 0 heterocycles. The van der Waals surface area contributed by atoms with Crippen LogP contribution in [0.1, 0.15) is 0 Å². The number of rotatable bonds is 1. The van der Waals surface area contributed by atoms with Crippen LogP contribution < -0.4 is 11.1 Å². The minimum Gasteiger partial charge on any atom is -0.465 e. The molecule has 0 spiro atoms. The van der Waals surface area contributed by atoms with Crippen LogP contribution in [0.15, 0.2) is 4.76 Å². The highest BCUT2D eigenvalue weighted by Crippen LogP contribution is 2.35. The van der Waals surface area contributed by atoms with Gasteiger partial charge in [-0.05, 0) is 0 Å². The van der Waals surface area contributed by atoms with Gasteiger partial charge in [0.05, 0.1) is 0 Å². The van der Waals surface area contributed by atoms with Gasteiger partial charge >= 0.3 is 13.8 Å². The summed E-state index contributed by atoms with van der Waals surface area (Å²) < 4.78 is 12.5. The number of hydrogen-bond donors (Lipinski definition) is 5. The van der Waals surface area contributed by atoms with Gasteiger partial charge in [-0.15, -0.1) is 4.76 Å². The van der Waals surface area contributed by atoms with Crippen LogP contribution in [0.25, 0.3) is 0 Å². The maximum atomic E-state index is 10.0. The van der Waals surface area contributed by atoms with Crippen LogP contribution in [-0.2, 0) is 4.57 Å². The van der Waals surface area contributed by atoms with Crippen molar-refractivity contribution < 1.29 is 24.3 Å². The fraction of sp³-hybridized carbons (Fsp3) is 0. The first-order chi connectivity index (χ1) is 4.81. The molecule has 0 aromatic heterocycles. The van der Waals surface area contributed by atoms with Gasteiger partial charge in [-0.2, -0.15) is 0 Å². The first-order valence-electron chi connectivity index (χ1n) is 2.22. The van der Waals surface area contributed by atoms with Crippen LogP contribution in [0.3, 0.4) is 0 Å². The Morgan fingerprint density at radius 1 is 1.55 bits per heavy atom. The predicted molar refractivity (Wildman–Crippen MR) is 34.8 cm³/mol. The Labute approximate surface area is 61.0 Å². The highest BCUT2D eigenvalue weighted by Gasteiger charge is 2.11. The van der Waals surface area contributed by atoms with Crippen molar-refractivity contribution in [3.05, 3.63) is 0 Å². The molecule has 64 valence electrons. The van der Waals surface area contributed by atoms with Gasteiger partial charge in [0.2, 0.25) is 5.96 Å². The molecular weight excluding hydrogens is 177 g/mol. The molecule has 0 aliphatic carbocycles. The second-order valence-electron chi connectivity index (χ2n) is 1.43. The molecule has 0 aliphatic rings. The fourth-order valence-corrected chi connectivity index (χ4v) is 0.606. The lowest BCUT2D eigenvalue weighted by Crippen LogP contribution is -2.35. The van der Waals surface area contributed by atoms with E-state index in [1.54, 1.807) is 0 Å². The first kappa shape index (κ1) is 9.89. The van der Waals surface area contributed by atoms with Gasteiger partial charge in [0.25, 0.3) is 0 Å². The van der Waals surface area contributed by atoms with E-state index < -0.39 is 19.8 Å². The predicted octanol–water partition coefficient (Wildman–Crippen LogP) is -1.34. The number of guanidine groups is 1. The smallest absolute Gasteiger partial charge is 0.451 e. The van der Waals surface area contributed by atoms with Crippen molar-refractivity contribution in [3.8, 4) is 0 Å². The number of hydrogen-bond acceptors (Lipinski definition) is 2. The molecule has 0 saturated carbocycles. The first-order valence-corrected chi connectivity index (χ1v) is 3.79. The second-order valence-corrected chi connectivity index (χ2v) is 2.66. The number of amides is 1. The largest absolute Gasteiger partial charge is 0.465 e. The molecule has 0 bridgehead atoms. The molecule has 0 aromatic carbocycles. The van der Waals surface area contributed by atoms with E-state index >= 15 is 0 Å². The number of nitrogens with zero attached hydrogens (tertiary/aromatic N) is 1. The van der Waals surface area contributed by atoms with Gasteiger partial charge < -0.3 is 20.6 Å². The van der Waals surface area contributed by atoms with E-state index in [2.05, 4.69) is 4.76 Å². The van der Waals surface area contributed by atoms with E-state index in [9.17, 15) is 9.36 Å². The Kier molecular flexibility index (Phi) is 2.99. The van der Waals surface area contributed by atoms with Gasteiger partial charge in [-0.25, -0.2) is 9.36 Å². The Hall–Kier alpha value is -1.11. The molecule has 0 aliphatic heterocycles. The van der Waals surface area contributed by atoms with Crippen LogP contribution in [-0.4, -0.2) is 26.9 Å². The maximum Gasteiger partial charge on any atom is 0.451 e. The molecule has 0 fully saturated rings. The van der Waals surface area contributed by atoms with Crippen molar-refractivity contribution in [1.82, 2.24) is 5.32 Å². The van der Waals surface area contributed by atoms with Crippen LogP contribution in [0, 0.1) is 0 Å². The van der Waals surface area contributed by atoms with Crippen LogP contribution in [0.5, 0.6) is 0 Å². The molecule has 9 heteroatoms. The van der Waals surface area contributed by atoms with E-state index in [0.29, 0.717) is 0 Å². The lowest BCUT2D eigenvalue weighted by Gasteiger charge is -1.99. The van der Waals surface area contributed by atoms with Crippen molar-refractivity contribution in [3.63, 3.8) is 0 Å². The van der Waals surface area contributed by atoms with Gasteiger partial charge in [-0.3, -0.25) is 5.32 Å². The molecule has 0 atom stereocenters. The average molecular weight is 183 g/mol. The minimum atomic E-state index is -4.64. The molecule has 0 aromatic rings. The van der Waals surface area contributed by atoms with Crippen molar-refractivity contribution in [2.24, 2.45) is 10.5 Å². The zero-order valence-corrected chi connectivity index (χ0v) is 6.02. The van der Waals surface area contributed by atoms with Gasteiger partial charge in [0, 0.05) is 0 Å². The molecule has 0 saturated heterocycles. The molecule has 6 N–H and O–H groups in total. The summed E-state index contributed by atoms with van der Waals surface area (Å²) >= 11 is 0. The summed E-state index contributed by atoms with van der Waals surface area (Å²) in [4.78, 5) is 26.0. The van der Waals surface area contributed by atoms with Crippen LogP contribution in [0.4, 0.5) is 4.79 Å². The van der Waals surface area contributed by atoms with E-state index in [1.165, 1.54) is 5.32 Å². The number of carboxylic acid groups (broad SMARTS) is 1. The highest BCUT2D eigenvalue weighted by molar-refractivity contribution is 7.50. The summed E-state index contributed by atoms with van der Waals surface area (Å²) in [6.07, 6.45) is -1.54.